The van der Waals surface area contributed by atoms with Crippen molar-refractivity contribution in [2.45, 2.75) is 33.1 Å². The van der Waals surface area contributed by atoms with Crippen molar-refractivity contribution >= 4 is 11.7 Å². The molecule has 7 heteroatoms. The van der Waals surface area contributed by atoms with E-state index in [4.69, 9.17) is 4.52 Å². The molecule has 128 valence electrons. The Bertz CT molecular complexity index is 681. The molecule has 0 saturated carbocycles. The van der Waals surface area contributed by atoms with Crippen molar-refractivity contribution in [3.8, 4) is 0 Å². The topological polar surface area (TPSA) is 75.4 Å². The molecule has 3 rings (SSSR count). The molecule has 1 unspecified atom stereocenters. The van der Waals surface area contributed by atoms with Gasteiger partial charge in [-0.2, -0.15) is 5.10 Å². The number of anilines is 1. The fourth-order valence-electron chi connectivity index (χ4n) is 3.33. The van der Waals surface area contributed by atoms with Crippen LogP contribution in [0.3, 0.4) is 0 Å². The lowest BCUT2D eigenvalue weighted by Crippen LogP contribution is -2.38. The maximum absolute atomic E-state index is 12.9. The van der Waals surface area contributed by atoms with Gasteiger partial charge in [-0.1, -0.05) is 5.16 Å². The van der Waals surface area contributed by atoms with Crippen LogP contribution in [0.1, 0.15) is 36.3 Å². The van der Waals surface area contributed by atoms with E-state index in [2.05, 4.69) is 20.3 Å². The molecule has 0 aromatic carbocycles. The fourth-order valence-corrected chi connectivity index (χ4v) is 3.33. The Hall–Kier alpha value is -2.44. The summed E-state index contributed by atoms with van der Waals surface area (Å²) in [5.74, 6) is 1.49. The number of rotatable bonds is 3. The molecular weight excluding hydrogens is 306 g/mol. The quantitative estimate of drug-likeness (QED) is 0.856. The number of amides is 1. The van der Waals surface area contributed by atoms with E-state index in [-0.39, 0.29) is 11.8 Å². The molecular formula is C17H23N5O2. The first-order valence-electron chi connectivity index (χ1n) is 8.32. The van der Waals surface area contributed by atoms with Crippen LogP contribution < -0.4 is 4.90 Å². The highest BCUT2D eigenvalue weighted by molar-refractivity contribution is 5.84. The summed E-state index contributed by atoms with van der Waals surface area (Å²) in [7, 11) is 0. The lowest BCUT2D eigenvalue weighted by atomic mass is 9.98. The molecule has 1 fully saturated rings. The molecule has 0 bridgehead atoms. The van der Waals surface area contributed by atoms with Crippen LogP contribution in [0, 0.1) is 13.8 Å². The second kappa shape index (κ2) is 6.98. The highest BCUT2D eigenvalue weighted by Crippen LogP contribution is 2.25. The lowest BCUT2D eigenvalue weighted by molar-refractivity contribution is -0.132. The first-order chi connectivity index (χ1) is 11.6. The third-order valence-corrected chi connectivity index (χ3v) is 4.58. The normalized spacial score (nSPS) is 16.8. The van der Waals surface area contributed by atoms with Gasteiger partial charge in [0, 0.05) is 37.9 Å². The Kier molecular flexibility index (Phi) is 4.78. The maximum atomic E-state index is 12.9. The van der Waals surface area contributed by atoms with E-state index < -0.39 is 0 Å². The molecule has 7 nitrogen and oxygen atoms in total. The smallest absolute Gasteiger partial charge is 0.230 e. The van der Waals surface area contributed by atoms with Gasteiger partial charge in [0.25, 0.3) is 0 Å². The van der Waals surface area contributed by atoms with Gasteiger partial charge in [0.2, 0.25) is 5.91 Å². The highest BCUT2D eigenvalue weighted by atomic mass is 16.5. The Morgan fingerprint density at radius 3 is 2.75 bits per heavy atom. The van der Waals surface area contributed by atoms with Crippen molar-refractivity contribution in [1.82, 2.24) is 20.3 Å². The third kappa shape index (κ3) is 3.25. The summed E-state index contributed by atoms with van der Waals surface area (Å²) in [6.45, 7) is 8.75. The van der Waals surface area contributed by atoms with Gasteiger partial charge in [0.1, 0.15) is 5.76 Å². The van der Waals surface area contributed by atoms with E-state index >= 15 is 0 Å². The summed E-state index contributed by atoms with van der Waals surface area (Å²) >= 11 is 0. The summed E-state index contributed by atoms with van der Waals surface area (Å²) in [6.07, 6.45) is 2.58. The van der Waals surface area contributed by atoms with E-state index in [1.807, 2.05) is 37.8 Å². The zero-order valence-corrected chi connectivity index (χ0v) is 14.4. The zero-order chi connectivity index (χ0) is 17.1. The van der Waals surface area contributed by atoms with Gasteiger partial charge in [-0.3, -0.25) is 4.79 Å². The monoisotopic (exact) mass is 329 g/mol. The Balaban J connectivity index is 1.68. The Labute approximate surface area is 141 Å². The van der Waals surface area contributed by atoms with Gasteiger partial charge in [-0.15, -0.1) is 5.10 Å². The van der Waals surface area contributed by atoms with Gasteiger partial charge in [-0.25, -0.2) is 0 Å². The van der Waals surface area contributed by atoms with Crippen molar-refractivity contribution in [3.63, 3.8) is 0 Å². The lowest BCUT2D eigenvalue weighted by Gasteiger charge is -2.25. The largest absolute Gasteiger partial charge is 0.361 e. The van der Waals surface area contributed by atoms with Crippen LogP contribution in [0.25, 0.3) is 0 Å². The van der Waals surface area contributed by atoms with Gasteiger partial charge in [-0.05, 0) is 39.3 Å². The van der Waals surface area contributed by atoms with E-state index in [1.165, 1.54) is 0 Å². The average molecular weight is 329 g/mol. The molecule has 1 amide bonds. The van der Waals surface area contributed by atoms with E-state index in [0.717, 1.165) is 48.9 Å². The molecule has 1 atom stereocenters. The number of nitrogens with zero attached hydrogens (tertiary/aromatic N) is 5. The first kappa shape index (κ1) is 16.4. The van der Waals surface area contributed by atoms with Gasteiger partial charge >= 0.3 is 0 Å². The minimum Gasteiger partial charge on any atom is -0.361 e. The van der Waals surface area contributed by atoms with Crippen molar-refractivity contribution < 1.29 is 9.32 Å². The predicted octanol–water partition coefficient (Wildman–Crippen LogP) is 1.92. The molecule has 2 aromatic rings. The van der Waals surface area contributed by atoms with E-state index in [1.54, 1.807) is 6.20 Å². The summed E-state index contributed by atoms with van der Waals surface area (Å²) in [5, 5.41) is 12.1. The van der Waals surface area contributed by atoms with Crippen LogP contribution >= 0.6 is 0 Å². The van der Waals surface area contributed by atoms with Gasteiger partial charge in [0.15, 0.2) is 5.82 Å². The van der Waals surface area contributed by atoms with Crippen molar-refractivity contribution in [3.05, 3.63) is 35.3 Å². The fraction of sp³-hybridized carbons (Fsp3) is 0.529. The predicted molar refractivity (Wildman–Crippen MR) is 89.8 cm³/mol. The third-order valence-electron chi connectivity index (χ3n) is 4.58. The average Bonchev–Trinajstić information content (AvgIpc) is 2.80. The molecule has 1 aliphatic rings. The zero-order valence-electron chi connectivity index (χ0n) is 14.4. The summed E-state index contributed by atoms with van der Waals surface area (Å²) in [5.41, 5.74) is 1.71. The van der Waals surface area contributed by atoms with Crippen molar-refractivity contribution in [2.24, 2.45) is 0 Å². The van der Waals surface area contributed by atoms with Crippen LogP contribution in [-0.4, -0.2) is 52.3 Å². The second-order valence-electron chi connectivity index (χ2n) is 6.21. The molecule has 1 aliphatic heterocycles. The molecule has 0 N–H and O–H groups in total. The van der Waals surface area contributed by atoms with Gasteiger partial charge in [0.05, 0.1) is 11.6 Å². The number of carbonyl (C=O) groups excluding carboxylic acids is 1. The summed E-state index contributed by atoms with van der Waals surface area (Å²) < 4.78 is 5.21. The SMILES string of the molecule is Cc1noc(C)c1C(C)C(=O)N1CCCN(c2cccnn2)CC1. The molecule has 3 heterocycles. The van der Waals surface area contributed by atoms with Crippen molar-refractivity contribution in [1.29, 1.82) is 0 Å². The summed E-state index contributed by atoms with van der Waals surface area (Å²) in [4.78, 5) is 17.0. The standard InChI is InChI=1S/C17H23N5O2/c1-12(16-13(2)20-24-14(16)3)17(23)22-9-5-8-21(10-11-22)15-6-4-7-18-19-15/h4,6-7,12H,5,8-11H2,1-3H3. The number of aromatic nitrogens is 3. The number of carbonyl (C=O) groups is 1. The maximum Gasteiger partial charge on any atom is 0.230 e. The molecule has 0 radical (unpaired) electrons. The van der Waals surface area contributed by atoms with E-state index in [9.17, 15) is 4.79 Å². The first-order valence-corrected chi connectivity index (χ1v) is 8.32. The number of hydrogen-bond acceptors (Lipinski definition) is 6. The second-order valence-corrected chi connectivity index (χ2v) is 6.21. The van der Waals surface area contributed by atoms with Crippen LogP contribution in [0.5, 0.6) is 0 Å². The van der Waals surface area contributed by atoms with Crippen molar-refractivity contribution in [2.75, 3.05) is 31.1 Å². The molecule has 0 aliphatic carbocycles. The van der Waals surface area contributed by atoms with Gasteiger partial charge < -0.3 is 14.3 Å². The Morgan fingerprint density at radius 1 is 1.25 bits per heavy atom. The number of aryl methyl sites for hydroxylation is 2. The molecule has 0 spiro atoms. The Morgan fingerprint density at radius 2 is 2.08 bits per heavy atom. The van der Waals surface area contributed by atoms with Crippen LogP contribution in [0.2, 0.25) is 0 Å². The minimum atomic E-state index is -0.237. The molecule has 1 saturated heterocycles. The van der Waals surface area contributed by atoms with E-state index in [0.29, 0.717) is 6.54 Å². The molecule has 24 heavy (non-hydrogen) atoms. The van der Waals surface area contributed by atoms with Crippen LogP contribution in [0.15, 0.2) is 22.9 Å². The number of hydrogen-bond donors (Lipinski definition) is 0. The van der Waals surface area contributed by atoms with Crippen LogP contribution in [-0.2, 0) is 4.79 Å². The molecule has 2 aromatic heterocycles. The summed E-state index contributed by atoms with van der Waals surface area (Å²) in [6, 6.07) is 3.84. The van der Waals surface area contributed by atoms with Crippen LogP contribution in [0.4, 0.5) is 5.82 Å². The minimum absolute atomic E-state index is 0.130. The highest BCUT2D eigenvalue weighted by Gasteiger charge is 2.28.